The van der Waals surface area contributed by atoms with Crippen molar-refractivity contribution in [3.8, 4) is 11.5 Å². The zero-order valence-electron chi connectivity index (χ0n) is 15.5. The Hall–Kier alpha value is -2.93. The van der Waals surface area contributed by atoms with E-state index in [9.17, 15) is 14.9 Å². The molecule has 2 aromatic rings. The Morgan fingerprint density at radius 2 is 1.71 bits per heavy atom. The maximum absolute atomic E-state index is 12.9. The first kappa shape index (κ1) is 18.4. The molecule has 7 nitrogen and oxygen atoms in total. The molecule has 2 heterocycles. The first-order valence-corrected chi connectivity index (χ1v) is 9.50. The molecule has 0 atom stereocenters. The molecular formula is C21H22N2O5. The number of Topliss-reactive ketones (excluding diaryl/α,β-unsaturated/α-hetero) is 1. The van der Waals surface area contributed by atoms with Crippen molar-refractivity contribution >= 4 is 11.5 Å². The van der Waals surface area contributed by atoms with Crippen molar-refractivity contribution in [2.24, 2.45) is 5.92 Å². The SMILES string of the molecule is O=C(c1ccc2c(c1)OCCO2)C1CCN(Cc2ccc([N+](=O)[O-])cc2)CC1. The highest BCUT2D eigenvalue weighted by Crippen LogP contribution is 2.32. The summed E-state index contributed by atoms with van der Waals surface area (Å²) in [6.45, 7) is 3.44. The van der Waals surface area contributed by atoms with Gasteiger partial charge in [0.05, 0.1) is 4.92 Å². The molecule has 0 saturated carbocycles. The number of nitro groups is 1. The van der Waals surface area contributed by atoms with Crippen LogP contribution in [0.4, 0.5) is 5.69 Å². The summed E-state index contributed by atoms with van der Waals surface area (Å²) in [6.07, 6.45) is 1.61. The van der Waals surface area contributed by atoms with Crippen molar-refractivity contribution in [2.75, 3.05) is 26.3 Å². The fourth-order valence-electron chi connectivity index (χ4n) is 3.77. The van der Waals surface area contributed by atoms with E-state index >= 15 is 0 Å². The van der Waals surface area contributed by atoms with Gasteiger partial charge in [0.2, 0.25) is 0 Å². The maximum atomic E-state index is 12.9. The largest absolute Gasteiger partial charge is 0.486 e. The topological polar surface area (TPSA) is 81.9 Å². The summed E-state index contributed by atoms with van der Waals surface area (Å²) in [7, 11) is 0. The molecule has 2 aromatic carbocycles. The van der Waals surface area contributed by atoms with Crippen molar-refractivity contribution in [2.45, 2.75) is 19.4 Å². The van der Waals surface area contributed by atoms with Gasteiger partial charge in [-0.1, -0.05) is 12.1 Å². The zero-order chi connectivity index (χ0) is 19.5. The molecule has 0 bridgehead atoms. The van der Waals surface area contributed by atoms with Gasteiger partial charge >= 0.3 is 0 Å². The van der Waals surface area contributed by atoms with Gasteiger partial charge in [0.25, 0.3) is 5.69 Å². The van der Waals surface area contributed by atoms with Gasteiger partial charge in [-0.3, -0.25) is 19.8 Å². The van der Waals surface area contributed by atoms with Gasteiger partial charge in [0.15, 0.2) is 17.3 Å². The van der Waals surface area contributed by atoms with Gasteiger partial charge in [-0.15, -0.1) is 0 Å². The van der Waals surface area contributed by atoms with Gasteiger partial charge in [-0.25, -0.2) is 0 Å². The van der Waals surface area contributed by atoms with Crippen molar-refractivity contribution < 1.29 is 19.2 Å². The normalized spacial score (nSPS) is 17.3. The summed E-state index contributed by atoms with van der Waals surface area (Å²) in [5, 5.41) is 10.7. The number of nitro benzene ring substituents is 1. The number of hydrogen-bond acceptors (Lipinski definition) is 6. The second kappa shape index (κ2) is 7.98. The molecule has 0 unspecified atom stereocenters. The lowest BCUT2D eigenvalue weighted by atomic mass is 9.88. The predicted molar refractivity (Wildman–Crippen MR) is 103 cm³/mol. The minimum Gasteiger partial charge on any atom is -0.486 e. The molecular weight excluding hydrogens is 360 g/mol. The lowest BCUT2D eigenvalue weighted by Gasteiger charge is -2.31. The van der Waals surface area contributed by atoms with E-state index in [1.54, 1.807) is 18.2 Å². The number of non-ortho nitro benzene ring substituents is 1. The molecule has 4 rings (SSSR count). The number of carbonyl (C=O) groups excluding carboxylic acids is 1. The highest BCUT2D eigenvalue weighted by atomic mass is 16.6. The lowest BCUT2D eigenvalue weighted by molar-refractivity contribution is -0.384. The molecule has 1 fully saturated rings. The molecule has 2 aliphatic rings. The van der Waals surface area contributed by atoms with Crippen LogP contribution in [0.15, 0.2) is 42.5 Å². The van der Waals surface area contributed by atoms with E-state index in [1.807, 2.05) is 12.1 Å². The molecule has 1 saturated heterocycles. The predicted octanol–water partition coefficient (Wildman–Crippen LogP) is 3.46. The van der Waals surface area contributed by atoms with E-state index in [0.717, 1.165) is 38.0 Å². The van der Waals surface area contributed by atoms with Crippen molar-refractivity contribution in [3.05, 3.63) is 63.7 Å². The summed E-state index contributed by atoms with van der Waals surface area (Å²) in [6, 6.07) is 12.1. The van der Waals surface area contributed by atoms with Crippen LogP contribution in [-0.4, -0.2) is 41.9 Å². The van der Waals surface area contributed by atoms with Crippen molar-refractivity contribution in [1.29, 1.82) is 0 Å². The van der Waals surface area contributed by atoms with Crippen LogP contribution < -0.4 is 9.47 Å². The van der Waals surface area contributed by atoms with Crippen LogP contribution in [0.3, 0.4) is 0 Å². The van der Waals surface area contributed by atoms with Gasteiger partial charge in [0.1, 0.15) is 13.2 Å². The first-order chi connectivity index (χ1) is 13.6. The Bertz CT molecular complexity index is 873. The number of piperidine rings is 1. The third-order valence-corrected chi connectivity index (χ3v) is 5.34. The van der Waals surface area contributed by atoms with Gasteiger partial charge in [-0.2, -0.15) is 0 Å². The third-order valence-electron chi connectivity index (χ3n) is 5.34. The third kappa shape index (κ3) is 3.99. The molecule has 0 amide bonds. The van der Waals surface area contributed by atoms with E-state index in [-0.39, 0.29) is 17.4 Å². The Labute approximate surface area is 163 Å². The second-order valence-electron chi connectivity index (χ2n) is 7.20. The highest BCUT2D eigenvalue weighted by Gasteiger charge is 2.27. The highest BCUT2D eigenvalue weighted by molar-refractivity contribution is 5.98. The number of carbonyl (C=O) groups is 1. The smallest absolute Gasteiger partial charge is 0.269 e. The van der Waals surface area contributed by atoms with Crippen LogP contribution >= 0.6 is 0 Å². The number of rotatable bonds is 5. The molecule has 2 aliphatic heterocycles. The van der Waals surface area contributed by atoms with E-state index in [1.165, 1.54) is 12.1 Å². The van der Waals surface area contributed by atoms with E-state index in [4.69, 9.17) is 9.47 Å². The summed E-state index contributed by atoms with van der Waals surface area (Å²) in [5.74, 6) is 1.51. The first-order valence-electron chi connectivity index (χ1n) is 9.50. The van der Waals surface area contributed by atoms with Crippen LogP contribution in [0.5, 0.6) is 11.5 Å². The number of benzene rings is 2. The Morgan fingerprint density at radius 1 is 1.04 bits per heavy atom. The number of ether oxygens (including phenoxy) is 2. The number of nitrogens with zero attached hydrogens (tertiary/aromatic N) is 2. The van der Waals surface area contributed by atoms with Crippen LogP contribution in [0.2, 0.25) is 0 Å². The number of likely N-dealkylation sites (tertiary alicyclic amines) is 1. The quantitative estimate of drug-likeness (QED) is 0.447. The molecule has 0 aliphatic carbocycles. The lowest BCUT2D eigenvalue weighted by Crippen LogP contribution is -2.36. The van der Waals surface area contributed by atoms with Gasteiger partial charge < -0.3 is 9.47 Å². The van der Waals surface area contributed by atoms with E-state index in [2.05, 4.69) is 4.90 Å². The molecule has 7 heteroatoms. The average molecular weight is 382 g/mol. The number of hydrogen-bond donors (Lipinski definition) is 0. The number of ketones is 1. The molecule has 0 aromatic heterocycles. The fraction of sp³-hybridized carbons (Fsp3) is 0.381. The summed E-state index contributed by atoms with van der Waals surface area (Å²) >= 11 is 0. The second-order valence-corrected chi connectivity index (χ2v) is 7.20. The Balaban J connectivity index is 1.33. The van der Waals surface area contributed by atoms with Crippen molar-refractivity contribution in [3.63, 3.8) is 0 Å². The van der Waals surface area contributed by atoms with Crippen LogP contribution in [0.1, 0.15) is 28.8 Å². The minimum atomic E-state index is -0.390. The Morgan fingerprint density at radius 3 is 2.39 bits per heavy atom. The van der Waals surface area contributed by atoms with Gasteiger partial charge in [-0.05, 0) is 49.7 Å². The molecule has 28 heavy (non-hydrogen) atoms. The molecule has 0 spiro atoms. The van der Waals surface area contributed by atoms with Crippen LogP contribution in [0.25, 0.3) is 0 Å². The van der Waals surface area contributed by atoms with Crippen LogP contribution in [-0.2, 0) is 6.54 Å². The van der Waals surface area contributed by atoms with Crippen molar-refractivity contribution in [1.82, 2.24) is 4.90 Å². The average Bonchev–Trinajstić information content (AvgIpc) is 2.74. The summed E-state index contributed by atoms with van der Waals surface area (Å²) in [5.41, 5.74) is 1.83. The van der Waals surface area contributed by atoms with E-state index < -0.39 is 4.92 Å². The molecule has 146 valence electrons. The van der Waals surface area contributed by atoms with E-state index in [0.29, 0.717) is 30.3 Å². The fourth-order valence-corrected chi connectivity index (χ4v) is 3.77. The molecule has 0 radical (unpaired) electrons. The maximum Gasteiger partial charge on any atom is 0.269 e. The van der Waals surface area contributed by atoms with Crippen LogP contribution in [0, 0.1) is 16.0 Å². The summed E-state index contributed by atoms with van der Waals surface area (Å²) in [4.78, 5) is 25.5. The van der Waals surface area contributed by atoms with Gasteiger partial charge in [0, 0.05) is 30.2 Å². The minimum absolute atomic E-state index is 0.00988. The monoisotopic (exact) mass is 382 g/mol. The zero-order valence-corrected chi connectivity index (χ0v) is 15.5. The standard InChI is InChI=1S/C21H22N2O5/c24-21(17-3-6-19-20(13-17)28-12-11-27-19)16-7-9-22(10-8-16)14-15-1-4-18(5-2-15)23(25)26/h1-6,13,16H,7-12,14H2. The number of fused-ring (bicyclic) bond motifs is 1. The molecule has 0 N–H and O–H groups in total. The summed E-state index contributed by atoms with van der Waals surface area (Å²) < 4.78 is 11.1. The Kier molecular flexibility index (Phi) is 5.25.